The maximum atomic E-state index is 12.1. The molecule has 0 saturated carbocycles. The molecule has 5 nitrogen and oxygen atoms in total. The van der Waals surface area contributed by atoms with Crippen LogP contribution in [-0.2, 0) is 6.54 Å². The highest BCUT2D eigenvalue weighted by Gasteiger charge is 2.08. The van der Waals surface area contributed by atoms with Gasteiger partial charge in [0.25, 0.3) is 5.56 Å². The molecule has 0 spiro atoms. The summed E-state index contributed by atoms with van der Waals surface area (Å²) in [6.07, 6.45) is 1.32. The Hall–Kier alpha value is -2.43. The third-order valence-electron chi connectivity index (χ3n) is 3.11. The number of rotatable bonds is 4. The lowest BCUT2D eigenvalue weighted by atomic mass is 10.0. The van der Waals surface area contributed by atoms with E-state index in [4.69, 9.17) is 0 Å². The Labute approximate surface area is 115 Å². The van der Waals surface area contributed by atoms with Crippen LogP contribution < -0.4 is 11.2 Å². The number of nitrogens with one attached hydrogen (secondary N) is 1. The molecule has 0 radical (unpaired) electrons. The average Bonchev–Trinajstić information content (AvgIpc) is 2.42. The fourth-order valence-corrected chi connectivity index (χ4v) is 1.87. The fourth-order valence-electron chi connectivity index (χ4n) is 1.87. The minimum atomic E-state index is -0.579. The third kappa shape index (κ3) is 3.12. The zero-order valence-electron chi connectivity index (χ0n) is 11.4. The van der Waals surface area contributed by atoms with Gasteiger partial charge in [0.1, 0.15) is 0 Å². The number of carbonyl (C=O) groups excluding carboxylic acids is 1. The van der Waals surface area contributed by atoms with Gasteiger partial charge in [-0.1, -0.05) is 38.1 Å². The number of hydrogen-bond donors (Lipinski definition) is 1. The first kappa shape index (κ1) is 14.0. The van der Waals surface area contributed by atoms with E-state index in [2.05, 4.69) is 18.8 Å². The van der Waals surface area contributed by atoms with Gasteiger partial charge in [-0.25, -0.2) is 4.79 Å². The molecule has 0 unspecified atom stereocenters. The summed E-state index contributed by atoms with van der Waals surface area (Å²) in [6, 6.07) is 8.56. The van der Waals surface area contributed by atoms with Gasteiger partial charge in [0.15, 0.2) is 5.78 Å². The third-order valence-corrected chi connectivity index (χ3v) is 3.11. The largest absolute Gasteiger partial charge is 0.328 e. The molecular formula is C15H16N2O3. The van der Waals surface area contributed by atoms with Crippen molar-refractivity contribution < 1.29 is 4.79 Å². The topological polar surface area (TPSA) is 71.9 Å². The van der Waals surface area contributed by atoms with Crippen LogP contribution in [0.1, 0.15) is 35.7 Å². The Bertz CT molecular complexity index is 724. The van der Waals surface area contributed by atoms with Gasteiger partial charge in [-0.2, -0.15) is 0 Å². The molecule has 0 amide bonds. The second-order valence-electron chi connectivity index (χ2n) is 4.94. The molecule has 0 aliphatic rings. The molecule has 1 N–H and O–H groups in total. The number of nitrogens with zero attached hydrogens (tertiary/aromatic N) is 1. The number of aromatic amines is 1. The molecule has 0 saturated heterocycles. The fraction of sp³-hybridized carbons (Fsp3) is 0.267. The monoisotopic (exact) mass is 272 g/mol. The zero-order valence-corrected chi connectivity index (χ0v) is 11.4. The van der Waals surface area contributed by atoms with E-state index in [9.17, 15) is 14.4 Å². The second kappa shape index (κ2) is 5.69. The number of Topliss-reactive ketones (excluding diaryl/α,β-unsaturated/α-hetero) is 1. The maximum absolute atomic E-state index is 12.1. The summed E-state index contributed by atoms with van der Waals surface area (Å²) < 4.78 is 1.18. The van der Waals surface area contributed by atoms with Crippen LogP contribution in [0.2, 0.25) is 0 Å². The smallest absolute Gasteiger partial charge is 0.293 e. The van der Waals surface area contributed by atoms with Gasteiger partial charge in [-0.15, -0.1) is 0 Å². The second-order valence-corrected chi connectivity index (χ2v) is 4.94. The summed E-state index contributed by atoms with van der Waals surface area (Å²) in [5.74, 6) is 0.232. The molecule has 5 heteroatoms. The Kier molecular flexibility index (Phi) is 3.98. The molecular weight excluding hydrogens is 256 g/mol. The van der Waals surface area contributed by atoms with Gasteiger partial charge < -0.3 is 0 Å². The Balaban J connectivity index is 2.19. The van der Waals surface area contributed by atoms with Gasteiger partial charge in [-0.05, 0) is 11.5 Å². The lowest BCUT2D eigenvalue weighted by Gasteiger charge is -2.07. The van der Waals surface area contributed by atoms with Gasteiger partial charge >= 0.3 is 5.69 Å². The number of hydrogen-bond acceptors (Lipinski definition) is 3. The Morgan fingerprint density at radius 2 is 1.80 bits per heavy atom. The number of carbonyl (C=O) groups is 1. The van der Waals surface area contributed by atoms with Crippen molar-refractivity contribution in [1.82, 2.24) is 9.55 Å². The standard InChI is InChI=1S/C15H16N2O3/c1-10(2)11-3-5-12(6-4-11)13(18)9-17-8-7-14(19)16-15(17)20/h3-8,10H,9H2,1-2H3,(H,16,19,20). The van der Waals surface area contributed by atoms with E-state index >= 15 is 0 Å². The molecule has 1 heterocycles. The Morgan fingerprint density at radius 3 is 2.35 bits per heavy atom. The highest BCUT2D eigenvalue weighted by atomic mass is 16.2. The van der Waals surface area contributed by atoms with Crippen molar-refractivity contribution in [3.05, 3.63) is 68.5 Å². The number of ketones is 1. The zero-order chi connectivity index (χ0) is 14.7. The average molecular weight is 272 g/mol. The molecule has 104 valence electrons. The van der Waals surface area contributed by atoms with E-state index in [1.165, 1.54) is 16.8 Å². The summed E-state index contributed by atoms with van der Waals surface area (Å²) in [5, 5.41) is 0. The first-order valence-electron chi connectivity index (χ1n) is 6.40. The van der Waals surface area contributed by atoms with Crippen LogP contribution in [0.5, 0.6) is 0 Å². The van der Waals surface area contributed by atoms with Crippen molar-refractivity contribution in [3.63, 3.8) is 0 Å². The molecule has 0 fully saturated rings. The van der Waals surface area contributed by atoms with Crippen LogP contribution in [0.15, 0.2) is 46.1 Å². The van der Waals surface area contributed by atoms with Crippen LogP contribution >= 0.6 is 0 Å². The molecule has 0 atom stereocenters. The quantitative estimate of drug-likeness (QED) is 0.858. The van der Waals surface area contributed by atoms with Crippen molar-refractivity contribution in [2.24, 2.45) is 0 Å². The van der Waals surface area contributed by atoms with E-state index < -0.39 is 11.2 Å². The molecule has 2 rings (SSSR count). The summed E-state index contributed by atoms with van der Waals surface area (Å²) >= 11 is 0. The van der Waals surface area contributed by atoms with Gasteiger partial charge in [-0.3, -0.25) is 19.1 Å². The highest BCUT2D eigenvalue weighted by Crippen LogP contribution is 2.15. The van der Waals surface area contributed by atoms with Crippen molar-refractivity contribution >= 4 is 5.78 Å². The minimum absolute atomic E-state index is 0.0867. The number of aromatic nitrogens is 2. The molecule has 2 aromatic rings. The van der Waals surface area contributed by atoms with Crippen molar-refractivity contribution in [3.8, 4) is 0 Å². The number of H-pyrrole nitrogens is 1. The van der Waals surface area contributed by atoms with Gasteiger partial charge in [0.05, 0.1) is 6.54 Å². The normalized spacial score (nSPS) is 10.8. The highest BCUT2D eigenvalue weighted by molar-refractivity contribution is 5.95. The van der Waals surface area contributed by atoms with E-state index in [0.717, 1.165) is 5.56 Å². The van der Waals surface area contributed by atoms with E-state index in [1.807, 2.05) is 12.1 Å². The predicted molar refractivity (Wildman–Crippen MR) is 76.2 cm³/mol. The van der Waals surface area contributed by atoms with E-state index in [0.29, 0.717) is 11.5 Å². The Morgan fingerprint density at radius 1 is 1.15 bits per heavy atom. The molecule has 1 aromatic carbocycles. The van der Waals surface area contributed by atoms with Crippen molar-refractivity contribution in [1.29, 1.82) is 0 Å². The maximum Gasteiger partial charge on any atom is 0.328 e. The lowest BCUT2D eigenvalue weighted by Crippen LogP contribution is -2.30. The number of benzene rings is 1. The summed E-state index contributed by atoms with van der Waals surface area (Å²) in [7, 11) is 0. The molecule has 1 aromatic heterocycles. The van der Waals surface area contributed by atoms with Crippen LogP contribution in [-0.4, -0.2) is 15.3 Å². The summed E-state index contributed by atoms with van der Waals surface area (Å²) in [6.45, 7) is 4.07. The van der Waals surface area contributed by atoms with E-state index in [-0.39, 0.29) is 12.3 Å². The lowest BCUT2D eigenvalue weighted by molar-refractivity contribution is 0.0970. The molecule has 20 heavy (non-hydrogen) atoms. The molecule has 0 bridgehead atoms. The summed E-state index contributed by atoms with van der Waals surface area (Å²) in [5.41, 5.74) is 0.653. The minimum Gasteiger partial charge on any atom is -0.293 e. The predicted octanol–water partition coefficient (Wildman–Crippen LogP) is 1.54. The van der Waals surface area contributed by atoms with Crippen molar-refractivity contribution in [2.45, 2.75) is 26.3 Å². The first-order chi connectivity index (χ1) is 9.47. The van der Waals surface area contributed by atoms with Crippen molar-refractivity contribution in [2.75, 3.05) is 0 Å². The van der Waals surface area contributed by atoms with E-state index in [1.54, 1.807) is 12.1 Å². The molecule has 0 aliphatic carbocycles. The van der Waals surface area contributed by atoms with Gasteiger partial charge in [0.2, 0.25) is 0 Å². The first-order valence-corrected chi connectivity index (χ1v) is 6.40. The van der Waals surface area contributed by atoms with Crippen LogP contribution in [0, 0.1) is 0 Å². The van der Waals surface area contributed by atoms with Crippen LogP contribution in [0.25, 0.3) is 0 Å². The molecule has 0 aliphatic heterocycles. The summed E-state index contributed by atoms with van der Waals surface area (Å²) in [4.78, 5) is 36.7. The van der Waals surface area contributed by atoms with Crippen LogP contribution in [0.4, 0.5) is 0 Å². The SMILES string of the molecule is CC(C)c1ccc(C(=O)Cn2ccc(=O)[nH]c2=O)cc1. The van der Waals surface area contributed by atoms with Crippen LogP contribution in [0.3, 0.4) is 0 Å². The van der Waals surface area contributed by atoms with Gasteiger partial charge in [0, 0.05) is 17.8 Å².